The molecule has 0 aliphatic carbocycles. The Hall–Kier alpha value is -1.91. The molecule has 1 saturated heterocycles. The minimum atomic E-state index is 0.765. The molecule has 1 aromatic heterocycles. The quantitative estimate of drug-likeness (QED) is 0.673. The molecule has 4 heteroatoms. The second kappa shape index (κ2) is 10.4. The molecule has 0 bridgehead atoms. The number of methoxy groups -OCH3 is 1. The average Bonchev–Trinajstić information content (AvgIpc) is 2.73. The summed E-state index contributed by atoms with van der Waals surface area (Å²) in [5.74, 6) is 1.72. The molecule has 3 rings (SSSR count). The summed E-state index contributed by atoms with van der Waals surface area (Å²) in [5, 5.41) is 0. The third-order valence-corrected chi connectivity index (χ3v) is 5.55. The van der Waals surface area contributed by atoms with Gasteiger partial charge >= 0.3 is 0 Å². The first-order valence-corrected chi connectivity index (χ1v) is 10.2. The molecule has 0 N–H and O–H groups in total. The standard InChI is InChI=1S/C23H33N3O/c1-3-25(17-21-8-5-12-24-16-21)18-22-9-6-13-26(19-22)14-11-20-7-4-10-23(15-20)27-2/h4-5,7-8,10,12,15-16,22H,3,6,9,11,13-14,17-19H2,1-2H3/t22-/m0/s1. The highest BCUT2D eigenvalue weighted by Gasteiger charge is 2.21. The maximum Gasteiger partial charge on any atom is 0.119 e. The second-order valence-corrected chi connectivity index (χ2v) is 7.60. The Kier molecular flexibility index (Phi) is 7.66. The smallest absolute Gasteiger partial charge is 0.119 e. The predicted molar refractivity (Wildman–Crippen MR) is 111 cm³/mol. The molecule has 27 heavy (non-hydrogen) atoms. The lowest BCUT2D eigenvalue weighted by atomic mass is 9.96. The molecule has 4 nitrogen and oxygen atoms in total. The largest absolute Gasteiger partial charge is 0.497 e. The normalized spacial score (nSPS) is 18.0. The summed E-state index contributed by atoms with van der Waals surface area (Å²) in [7, 11) is 1.74. The molecule has 0 amide bonds. The molecule has 0 unspecified atom stereocenters. The Labute approximate surface area is 164 Å². The number of aromatic nitrogens is 1. The second-order valence-electron chi connectivity index (χ2n) is 7.60. The van der Waals surface area contributed by atoms with E-state index in [0.29, 0.717) is 0 Å². The van der Waals surface area contributed by atoms with Crippen molar-refractivity contribution in [1.29, 1.82) is 0 Å². The zero-order valence-electron chi connectivity index (χ0n) is 16.8. The Balaban J connectivity index is 1.48. The van der Waals surface area contributed by atoms with Crippen LogP contribution < -0.4 is 4.74 Å². The minimum absolute atomic E-state index is 0.765. The van der Waals surface area contributed by atoms with Gasteiger partial charge in [0.25, 0.3) is 0 Å². The maximum absolute atomic E-state index is 5.35. The fourth-order valence-electron chi connectivity index (χ4n) is 4.04. The van der Waals surface area contributed by atoms with Crippen LogP contribution in [0, 0.1) is 5.92 Å². The van der Waals surface area contributed by atoms with Gasteiger partial charge in [-0.05, 0) is 67.6 Å². The zero-order chi connectivity index (χ0) is 18.9. The molecule has 0 saturated carbocycles. The van der Waals surface area contributed by atoms with E-state index in [9.17, 15) is 0 Å². The van der Waals surface area contributed by atoms with E-state index < -0.39 is 0 Å². The SMILES string of the molecule is CCN(Cc1cccnc1)C[C@@H]1CCCN(CCc2cccc(OC)c2)C1. The number of piperidine rings is 1. The number of benzene rings is 1. The highest BCUT2D eigenvalue weighted by molar-refractivity contribution is 5.28. The van der Waals surface area contributed by atoms with Gasteiger partial charge in [-0.2, -0.15) is 0 Å². The van der Waals surface area contributed by atoms with Crippen molar-refractivity contribution in [3.63, 3.8) is 0 Å². The monoisotopic (exact) mass is 367 g/mol. The van der Waals surface area contributed by atoms with Crippen LogP contribution in [0.3, 0.4) is 0 Å². The summed E-state index contributed by atoms with van der Waals surface area (Å²) in [4.78, 5) is 9.46. The van der Waals surface area contributed by atoms with Crippen LogP contribution in [0.25, 0.3) is 0 Å². The topological polar surface area (TPSA) is 28.6 Å². The van der Waals surface area contributed by atoms with Crippen LogP contribution in [0.1, 0.15) is 30.9 Å². The molecular formula is C23H33N3O. The first-order chi connectivity index (χ1) is 13.3. The Bertz CT molecular complexity index is 676. The molecule has 1 aromatic carbocycles. The van der Waals surface area contributed by atoms with Gasteiger partial charge in [0, 0.05) is 38.6 Å². The minimum Gasteiger partial charge on any atom is -0.497 e. The molecule has 2 heterocycles. The van der Waals surface area contributed by atoms with Crippen molar-refractivity contribution < 1.29 is 4.74 Å². The van der Waals surface area contributed by atoms with Crippen molar-refractivity contribution in [1.82, 2.24) is 14.8 Å². The van der Waals surface area contributed by atoms with Gasteiger partial charge in [-0.1, -0.05) is 25.1 Å². The Morgan fingerprint density at radius 3 is 2.89 bits per heavy atom. The van der Waals surface area contributed by atoms with Crippen LogP contribution in [0.5, 0.6) is 5.75 Å². The highest BCUT2D eigenvalue weighted by atomic mass is 16.5. The summed E-state index contributed by atoms with van der Waals surface area (Å²) in [6.45, 7) is 9.13. The van der Waals surface area contributed by atoms with Crippen molar-refractivity contribution in [2.75, 3.05) is 39.8 Å². The molecule has 1 atom stereocenters. The summed E-state index contributed by atoms with van der Waals surface area (Å²) in [5.41, 5.74) is 2.67. The number of pyridine rings is 1. The van der Waals surface area contributed by atoms with Crippen LogP contribution >= 0.6 is 0 Å². The van der Waals surface area contributed by atoms with E-state index >= 15 is 0 Å². The van der Waals surface area contributed by atoms with Crippen LogP contribution in [0.2, 0.25) is 0 Å². The lowest BCUT2D eigenvalue weighted by Gasteiger charge is -2.35. The summed E-state index contributed by atoms with van der Waals surface area (Å²) >= 11 is 0. The number of hydrogen-bond donors (Lipinski definition) is 0. The van der Waals surface area contributed by atoms with Gasteiger partial charge in [0.05, 0.1) is 7.11 Å². The number of ether oxygens (including phenoxy) is 1. The van der Waals surface area contributed by atoms with Crippen molar-refractivity contribution in [2.45, 2.75) is 32.7 Å². The third kappa shape index (κ3) is 6.33. The lowest BCUT2D eigenvalue weighted by molar-refractivity contribution is 0.133. The van der Waals surface area contributed by atoms with Gasteiger partial charge in [0.2, 0.25) is 0 Å². The van der Waals surface area contributed by atoms with E-state index in [0.717, 1.165) is 37.7 Å². The molecular weight excluding hydrogens is 334 g/mol. The molecule has 0 spiro atoms. The van der Waals surface area contributed by atoms with E-state index in [1.54, 1.807) is 7.11 Å². The first kappa shape index (κ1) is 19.8. The number of hydrogen-bond acceptors (Lipinski definition) is 4. The lowest BCUT2D eigenvalue weighted by Crippen LogP contribution is -2.41. The van der Waals surface area contributed by atoms with Crippen LogP contribution in [-0.2, 0) is 13.0 Å². The van der Waals surface area contributed by atoms with Gasteiger partial charge in [-0.25, -0.2) is 0 Å². The van der Waals surface area contributed by atoms with Gasteiger partial charge in [0.15, 0.2) is 0 Å². The van der Waals surface area contributed by atoms with Gasteiger partial charge < -0.3 is 9.64 Å². The number of rotatable bonds is 9. The van der Waals surface area contributed by atoms with Gasteiger partial charge in [-0.3, -0.25) is 9.88 Å². The molecule has 0 radical (unpaired) electrons. The zero-order valence-corrected chi connectivity index (χ0v) is 16.8. The highest BCUT2D eigenvalue weighted by Crippen LogP contribution is 2.20. The van der Waals surface area contributed by atoms with E-state index in [1.807, 2.05) is 24.5 Å². The van der Waals surface area contributed by atoms with E-state index in [-0.39, 0.29) is 0 Å². The van der Waals surface area contributed by atoms with E-state index in [1.165, 1.54) is 43.6 Å². The molecule has 2 aromatic rings. The molecule has 146 valence electrons. The van der Waals surface area contributed by atoms with Crippen LogP contribution in [0.15, 0.2) is 48.8 Å². The van der Waals surface area contributed by atoms with Gasteiger partial charge in [0.1, 0.15) is 5.75 Å². The summed E-state index contributed by atoms with van der Waals surface area (Å²) < 4.78 is 5.35. The third-order valence-electron chi connectivity index (χ3n) is 5.55. The van der Waals surface area contributed by atoms with Crippen LogP contribution in [0.4, 0.5) is 0 Å². The van der Waals surface area contributed by atoms with E-state index in [4.69, 9.17) is 4.74 Å². The summed E-state index contributed by atoms with van der Waals surface area (Å²) in [6.07, 6.45) is 7.59. The maximum atomic E-state index is 5.35. The van der Waals surface area contributed by atoms with Crippen LogP contribution in [-0.4, -0.2) is 54.6 Å². The Morgan fingerprint density at radius 2 is 2.11 bits per heavy atom. The summed E-state index contributed by atoms with van der Waals surface area (Å²) in [6, 6.07) is 12.7. The molecule has 1 aliphatic rings. The fraction of sp³-hybridized carbons (Fsp3) is 0.522. The molecule has 1 aliphatic heterocycles. The van der Waals surface area contributed by atoms with Crippen molar-refractivity contribution in [3.8, 4) is 5.75 Å². The first-order valence-electron chi connectivity index (χ1n) is 10.2. The van der Waals surface area contributed by atoms with Gasteiger partial charge in [-0.15, -0.1) is 0 Å². The molecule has 1 fully saturated rings. The Morgan fingerprint density at radius 1 is 1.22 bits per heavy atom. The fourth-order valence-corrected chi connectivity index (χ4v) is 4.04. The van der Waals surface area contributed by atoms with Crippen molar-refractivity contribution in [2.24, 2.45) is 5.92 Å². The van der Waals surface area contributed by atoms with Crippen molar-refractivity contribution in [3.05, 3.63) is 59.9 Å². The van der Waals surface area contributed by atoms with E-state index in [2.05, 4.69) is 46.0 Å². The van der Waals surface area contributed by atoms with Crippen molar-refractivity contribution >= 4 is 0 Å². The number of nitrogens with zero attached hydrogens (tertiary/aromatic N) is 3. The number of likely N-dealkylation sites (tertiary alicyclic amines) is 1. The average molecular weight is 368 g/mol. The predicted octanol–water partition coefficient (Wildman–Crippen LogP) is 3.87.